The van der Waals surface area contributed by atoms with E-state index in [1.807, 2.05) is 57.5 Å². The Morgan fingerprint density at radius 1 is 1.22 bits per heavy atom. The second-order valence-corrected chi connectivity index (χ2v) is 13.0. The molecule has 4 N–H and O–H groups in total. The number of hydrogen-bond acceptors (Lipinski definition) is 8. The molecule has 11 heteroatoms. The van der Waals surface area contributed by atoms with Crippen molar-refractivity contribution in [2.75, 3.05) is 32.8 Å². The first kappa shape index (κ1) is 31.1. The molecule has 41 heavy (non-hydrogen) atoms. The second-order valence-electron chi connectivity index (χ2n) is 12.2. The molecule has 2 aliphatic heterocycles. The predicted octanol–water partition coefficient (Wildman–Crippen LogP) is 2.24. The molecule has 0 radical (unpaired) electrons. The smallest absolute Gasteiger partial charge is 0.246 e. The van der Waals surface area contributed by atoms with Gasteiger partial charge in [0.2, 0.25) is 17.7 Å². The minimum Gasteiger partial charge on any atom is -0.391 e. The summed E-state index contributed by atoms with van der Waals surface area (Å²) in [6.45, 7) is 10.3. The first-order chi connectivity index (χ1) is 19.5. The first-order valence-electron chi connectivity index (χ1n) is 14.4. The molecule has 0 bridgehead atoms. The summed E-state index contributed by atoms with van der Waals surface area (Å²) < 4.78 is 5.55. The van der Waals surface area contributed by atoms with Crippen molar-refractivity contribution in [3.8, 4) is 10.4 Å². The molecule has 1 aromatic carbocycles. The van der Waals surface area contributed by atoms with Crippen LogP contribution in [0.4, 0.5) is 0 Å². The zero-order valence-corrected chi connectivity index (χ0v) is 25.3. The average molecular weight is 586 g/mol. The predicted molar refractivity (Wildman–Crippen MR) is 158 cm³/mol. The lowest BCUT2D eigenvalue weighted by molar-refractivity contribution is -0.144. The highest BCUT2D eigenvalue weighted by Gasteiger charge is 2.44. The average Bonchev–Trinajstić information content (AvgIpc) is 3.51. The summed E-state index contributed by atoms with van der Waals surface area (Å²) in [5.41, 5.74) is 4.18. The van der Waals surface area contributed by atoms with E-state index >= 15 is 0 Å². The van der Waals surface area contributed by atoms with Gasteiger partial charge in [-0.15, -0.1) is 11.3 Å². The number of amides is 3. The van der Waals surface area contributed by atoms with Crippen LogP contribution >= 0.6 is 11.3 Å². The maximum Gasteiger partial charge on any atom is 0.246 e. The monoisotopic (exact) mass is 585 g/mol. The number of β-amino-alcohol motifs (C(OH)–C–C–N with tert-alkyl or cyclic N) is 1. The number of nitrogens with one attached hydrogen (secondary N) is 3. The van der Waals surface area contributed by atoms with E-state index in [1.165, 1.54) is 4.90 Å². The van der Waals surface area contributed by atoms with Crippen molar-refractivity contribution in [2.24, 2.45) is 11.3 Å². The SMILES string of the molecule is Cc1ncsc1-c1ccc(CNC(=O)[C@@H]2C[C@@H](O)CN2C(=O)[C@@H](NC(=O)COCCCC2CNC2)C(C)(C)C)cc1. The van der Waals surface area contributed by atoms with Gasteiger partial charge in [0.1, 0.15) is 18.7 Å². The minimum atomic E-state index is -0.872. The number of rotatable bonds is 12. The van der Waals surface area contributed by atoms with Crippen LogP contribution in [0.2, 0.25) is 0 Å². The number of likely N-dealkylation sites (tertiary alicyclic amines) is 1. The largest absolute Gasteiger partial charge is 0.391 e. The molecule has 4 rings (SSSR count). The Hall–Kier alpha value is -2.86. The summed E-state index contributed by atoms with van der Waals surface area (Å²) in [7, 11) is 0. The van der Waals surface area contributed by atoms with Crippen LogP contribution in [0.3, 0.4) is 0 Å². The van der Waals surface area contributed by atoms with Crippen LogP contribution in [0.5, 0.6) is 0 Å². The number of aliphatic hydroxyl groups excluding tert-OH is 1. The summed E-state index contributed by atoms with van der Waals surface area (Å²) in [6, 6.07) is 6.23. The summed E-state index contributed by atoms with van der Waals surface area (Å²) in [5, 5.41) is 19.4. The molecule has 1 aromatic heterocycles. The van der Waals surface area contributed by atoms with Crippen LogP contribution in [-0.2, 0) is 25.7 Å². The molecule has 0 saturated carbocycles. The molecule has 2 aliphatic rings. The van der Waals surface area contributed by atoms with Gasteiger partial charge in [-0.25, -0.2) is 4.98 Å². The Kier molecular flexibility index (Phi) is 10.5. The molecular weight excluding hydrogens is 542 g/mol. The standard InChI is InChI=1S/C30H43N5O5S/c1-19-26(41-18-33-19)22-9-7-20(8-10-22)15-32-28(38)24-12-23(36)16-35(24)29(39)27(30(2,3)4)34-25(37)17-40-11-5-6-21-13-31-14-21/h7-10,18,21,23-24,27,31,36H,5-6,11-17H2,1-4H3,(H,32,38)(H,34,37)/t23-,24+,27-/m1/s1. The Bertz CT molecular complexity index is 1190. The molecule has 0 aliphatic carbocycles. The lowest BCUT2D eigenvalue weighted by Crippen LogP contribution is -2.58. The van der Waals surface area contributed by atoms with E-state index in [0.717, 1.165) is 47.6 Å². The Balaban J connectivity index is 1.31. The number of aryl methyl sites for hydroxylation is 1. The number of hydrogen-bond donors (Lipinski definition) is 4. The van der Waals surface area contributed by atoms with Gasteiger partial charge in [-0.2, -0.15) is 0 Å². The van der Waals surface area contributed by atoms with Gasteiger partial charge in [0, 0.05) is 26.1 Å². The second kappa shape index (κ2) is 13.9. The number of aromatic nitrogens is 1. The molecule has 2 fully saturated rings. The summed E-state index contributed by atoms with van der Waals surface area (Å²) in [4.78, 5) is 46.4. The maximum absolute atomic E-state index is 13.7. The van der Waals surface area contributed by atoms with Crippen LogP contribution in [0.1, 0.15) is 51.3 Å². The van der Waals surface area contributed by atoms with Gasteiger partial charge in [0.25, 0.3) is 0 Å². The minimum absolute atomic E-state index is 0.0365. The lowest BCUT2D eigenvalue weighted by Gasteiger charge is -2.35. The summed E-state index contributed by atoms with van der Waals surface area (Å²) >= 11 is 1.59. The molecular formula is C30H43N5O5S. The van der Waals surface area contributed by atoms with Crippen LogP contribution in [-0.4, -0.2) is 83.7 Å². The van der Waals surface area contributed by atoms with Gasteiger partial charge in [-0.05, 0) is 55.3 Å². The zero-order valence-electron chi connectivity index (χ0n) is 24.4. The fourth-order valence-corrected chi connectivity index (χ4v) is 5.99. The van der Waals surface area contributed by atoms with Gasteiger partial charge >= 0.3 is 0 Å². The third-order valence-corrected chi connectivity index (χ3v) is 8.69. The number of ether oxygens (including phenoxy) is 1. The fraction of sp³-hybridized carbons (Fsp3) is 0.600. The van der Waals surface area contributed by atoms with Gasteiger partial charge in [0.15, 0.2) is 0 Å². The van der Waals surface area contributed by atoms with Crippen molar-refractivity contribution in [2.45, 2.75) is 71.7 Å². The van der Waals surface area contributed by atoms with E-state index in [-0.39, 0.29) is 37.3 Å². The molecule has 2 aromatic rings. The zero-order chi connectivity index (χ0) is 29.6. The van der Waals surface area contributed by atoms with Crippen molar-refractivity contribution in [1.82, 2.24) is 25.8 Å². The van der Waals surface area contributed by atoms with Crippen LogP contribution < -0.4 is 16.0 Å². The van der Waals surface area contributed by atoms with Crippen molar-refractivity contribution in [1.29, 1.82) is 0 Å². The lowest BCUT2D eigenvalue weighted by atomic mass is 9.85. The first-order valence-corrected chi connectivity index (χ1v) is 15.2. The Morgan fingerprint density at radius 3 is 2.56 bits per heavy atom. The van der Waals surface area contributed by atoms with Crippen molar-refractivity contribution < 1.29 is 24.2 Å². The number of benzene rings is 1. The van der Waals surface area contributed by atoms with Crippen LogP contribution in [0.25, 0.3) is 10.4 Å². The topological polar surface area (TPSA) is 133 Å². The number of carbonyl (C=O) groups excluding carboxylic acids is 3. The molecule has 3 heterocycles. The van der Waals surface area contributed by atoms with Gasteiger partial charge in [-0.1, -0.05) is 45.0 Å². The molecule has 224 valence electrons. The van der Waals surface area contributed by atoms with E-state index in [2.05, 4.69) is 20.9 Å². The van der Waals surface area contributed by atoms with E-state index in [4.69, 9.17) is 4.74 Å². The quantitative estimate of drug-likeness (QED) is 0.281. The summed E-state index contributed by atoms with van der Waals surface area (Å²) in [5.74, 6) is -0.401. The normalized spacial score (nSPS) is 20.0. The summed E-state index contributed by atoms with van der Waals surface area (Å²) in [6.07, 6.45) is 1.28. The number of aliphatic hydroxyl groups is 1. The Labute approximate surface area is 246 Å². The van der Waals surface area contributed by atoms with Crippen molar-refractivity contribution in [3.63, 3.8) is 0 Å². The maximum atomic E-state index is 13.7. The number of nitrogens with zero attached hydrogens (tertiary/aromatic N) is 2. The van der Waals surface area contributed by atoms with Gasteiger partial charge in [0.05, 0.1) is 22.2 Å². The number of thiazole rings is 1. The third-order valence-electron chi connectivity index (χ3n) is 7.71. The molecule has 0 unspecified atom stereocenters. The van der Waals surface area contributed by atoms with E-state index in [0.29, 0.717) is 19.1 Å². The molecule has 2 saturated heterocycles. The molecule has 3 amide bonds. The number of carbonyl (C=O) groups is 3. The van der Waals surface area contributed by atoms with Crippen LogP contribution in [0.15, 0.2) is 29.8 Å². The molecule has 0 spiro atoms. The van der Waals surface area contributed by atoms with Crippen molar-refractivity contribution in [3.05, 3.63) is 41.0 Å². The molecule has 3 atom stereocenters. The third kappa shape index (κ3) is 8.34. The highest BCUT2D eigenvalue weighted by atomic mass is 32.1. The highest BCUT2D eigenvalue weighted by Crippen LogP contribution is 2.28. The van der Waals surface area contributed by atoms with E-state index in [1.54, 1.807) is 11.3 Å². The van der Waals surface area contributed by atoms with E-state index in [9.17, 15) is 19.5 Å². The van der Waals surface area contributed by atoms with Crippen LogP contribution in [0, 0.1) is 18.3 Å². The molecule has 10 nitrogen and oxygen atoms in total. The Morgan fingerprint density at radius 2 is 1.95 bits per heavy atom. The van der Waals surface area contributed by atoms with Gasteiger partial charge in [-0.3, -0.25) is 14.4 Å². The van der Waals surface area contributed by atoms with E-state index < -0.39 is 23.6 Å². The van der Waals surface area contributed by atoms with Crippen molar-refractivity contribution >= 4 is 29.1 Å². The van der Waals surface area contributed by atoms with Gasteiger partial charge < -0.3 is 30.7 Å². The fourth-order valence-electron chi connectivity index (χ4n) is 5.17. The highest BCUT2D eigenvalue weighted by molar-refractivity contribution is 7.13.